The summed E-state index contributed by atoms with van der Waals surface area (Å²) in [6.07, 6.45) is 2.29. The van der Waals surface area contributed by atoms with Crippen molar-refractivity contribution in [3.63, 3.8) is 0 Å². The Hall–Kier alpha value is -1.92. The topological polar surface area (TPSA) is 66.5 Å². The first-order valence-corrected chi connectivity index (χ1v) is 10.6. The highest BCUT2D eigenvalue weighted by atomic mass is 32.2. The summed E-state index contributed by atoms with van der Waals surface area (Å²) in [5.41, 5.74) is 0. The second kappa shape index (κ2) is 7.76. The quantitative estimate of drug-likeness (QED) is 0.874. The highest BCUT2D eigenvalue weighted by Gasteiger charge is 2.33. The lowest BCUT2D eigenvalue weighted by Gasteiger charge is -2.31. The number of carbonyl (C=O) groups is 1. The Kier molecular flexibility index (Phi) is 5.63. The first kappa shape index (κ1) is 18.9. The fourth-order valence-electron chi connectivity index (χ4n) is 3.31. The van der Waals surface area contributed by atoms with E-state index in [0.717, 1.165) is 23.6 Å². The number of rotatable bonds is 5. The van der Waals surface area contributed by atoms with Gasteiger partial charge in [0, 0.05) is 19.1 Å². The monoisotopic (exact) mass is 374 g/mol. The maximum Gasteiger partial charge on any atom is 0.243 e. The van der Waals surface area contributed by atoms with Gasteiger partial charge < -0.3 is 5.32 Å². The van der Waals surface area contributed by atoms with Gasteiger partial charge in [0.2, 0.25) is 15.9 Å². The number of amides is 1. The van der Waals surface area contributed by atoms with Gasteiger partial charge in [0.25, 0.3) is 0 Å². The van der Waals surface area contributed by atoms with Crippen molar-refractivity contribution in [2.75, 3.05) is 13.1 Å². The van der Waals surface area contributed by atoms with E-state index < -0.39 is 10.0 Å². The number of benzene rings is 2. The highest BCUT2D eigenvalue weighted by Crippen LogP contribution is 2.26. The van der Waals surface area contributed by atoms with Crippen LogP contribution in [0.2, 0.25) is 0 Å². The summed E-state index contributed by atoms with van der Waals surface area (Å²) in [6, 6.07) is 13.0. The van der Waals surface area contributed by atoms with Crippen molar-refractivity contribution in [3.8, 4) is 0 Å². The number of fused-ring (bicyclic) bond motifs is 1. The van der Waals surface area contributed by atoms with E-state index in [-0.39, 0.29) is 24.4 Å². The number of carbonyl (C=O) groups excluding carboxylic acids is 1. The number of hydrogen-bond acceptors (Lipinski definition) is 3. The van der Waals surface area contributed by atoms with Crippen LogP contribution in [0.3, 0.4) is 0 Å². The molecular weight excluding hydrogens is 348 g/mol. The Morgan fingerprint density at radius 2 is 1.96 bits per heavy atom. The van der Waals surface area contributed by atoms with Crippen LogP contribution >= 0.6 is 0 Å². The minimum absolute atomic E-state index is 0.0437. The fraction of sp³-hybridized carbons (Fsp3) is 0.450. The van der Waals surface area contributed by atoms with Crippen molar-refractivity contribution in [3.05, 3.63) is 42.5 Å². The van der Waals surface area contributed by atoms with Gasteiger partial charge in [0.1, 0.15) is 0 Å². The van der Waals surface area contributed by atoms with E-state index in [1.165, 1.54) is 4.31 Å². The van der Waals surface area contributed by atoms with Crippen LogP contribution in [-0.4, -0.2) is 37.8 Å². The van der Waals surface area contributed by atoms with E-state index in [0.29, 0.717) is 17.9 Å². The maximum absolute atomic E-state index is 13.1. The first-order valence-electron chi connectivity index (χ1n) is 9.21. The van der Waals surface area contributed by atoms with Crippen LogP contribution in [0.1, 0.15) is 33.1 Å². The van der Waals surface area contributed by atoms with Crippen molar-refractivity contribution in [1.82, 2.24) is 9.62 Å². The number of hydrogen-bond donors (Lipinski definition) is 1. The van der Waals surface area contributed by atoms with Gasteiger partial charge in [0.15, 0.2) is 0 Å². The molecule has 0 aromatic heterocycles. The zero-order chi connectivity index (χ0) is 18.7. The molecule has 3 rings (SSSR count). The van der Waals surface area contributed by atoms with E-state index in [1.807, 2.05) is 44.2 Å². The molecule has 1 aliphatic heterocycles. The molecule has 0 bridgehead atoms. The molecule has 6 heteroatoms. The average Bonchev–Trinajstić information content (AvgIpc) is 2.67. The molecule has 0 saturated carbocycles. The number of sulfonamides is 1. The zero-order valence-corrected chi connectivity index (χ0v) is 16.1. The van der Waals surface area contributed by atoms with Gasteiger partial charge in [-0.05, 0) is 49.1 Å². The molecule has 1 aliphatic rings. The number of piperidine rings is 1. The minimum Gasteiger partial charge on any atom is -0.353 e. The lowest BCUT2D eigenvalue weighted by Crippen LogP contribution is -2.46. The van der Waals surface area contributed by atoms with Crippen LogP contribution in [0.25, 0.3) is 10.8 Å². The molecular formula is C20H26N2O3S. The highest BCUT2D eigenvalue weighted by molar-refractivity contribution is 7.89. The number of nitrogens with one attached hydrogen (secondary N) is 1. The van der Waals surface area contributed by atoms with Gasteiger partial charge in [-0.2, -0.15) is 4.31 Å². The summed E-state index contributed by atoms with van der Waals surface area (Å²) in [6.45, 7) is 4.69. The largest absolute Gasteiger partial charge is 0.353 e. The van der Waals surface area contributed by atoms with Gasteiger partial charge in [-0.1, -0.05) is 37.3 Å². The van der Waals surface area contributed by atoms with Crippen LogP contribution < -0.4 is 5.32 Å². The van der Waals surface area contributed by atoms with Crippen molar-refractivity contribution >= 4 is 26.7 Å². The second-order valence-electron chi connectivity index (χ2n) is 7.03. The molecule has 2 atom stereocenters. The standard InChI is InChI=1S/C20H26N2O3S/c1-3-15(2)21-20(23)18-9-6-12-22(14-18)26(24,25)19-11-10-16-7-4-5-8-17(16)13-19/h4-5,7-8,10-11,13,15,18H,3,6,9,12,14H2,1-2H3,(H,21,23). The molecule has 1 heterocycles. The molecule has 0 radical (unpaired) electrons. The van der Waals surface area contributed by atoms with E-state index in [4.69, 9.17) is 0 Å². The molecule has 2 aromatic carbocycles. The second-order valence-corrected chi connectivity index (χ2v) is 8.97. The summed E-state index contributed by atoms with van der Waals surface area (Å²) < 4.78 is 27.6. The van der Waals surface area contributed by atoms with Crippen LogP contribution in [0, 0.1) is 5.92 Å². The van der Waals surface area contributed by atoms with Gasteiger partial charge in [0.05, 0.1) is 10.8 Å². The molecule has 0 aliphatic carbocycles. The number of nitrogens with zero attached hydrogens (tertiary/aromatic N) is 1. The van der Waals surface area contributed by atoms with Crippen molar-refractivity contribution in [2.45, 2.75) is 44.0 Å². The predicted molar refractivity (Wildman–Crippen MR) is 103 cm³/mol. The summed E-state index contributed by atoms with van der Waals surface area (Å²) in [4.78, 5) is 12.7. The molecule has 0 spiro atoms. The SMILES string of the molecule is CCC(C)NC(=O)C1CCCN(S(=O)(=O)c2ccc3ccccc3c2)C1. The first-order chi connectivity index (χ1) is 12.4. The maximum atomic E-state index is 13.1. The zero-order valence-electron chi connectivity index (χ0n) is 15.3. The van der Waals surface area contributed by atoms with Crippen LogP contribution in [-0.2, 0) is 14.8 Å². The minimum atomic E-state index is -3.60. The van der Waals surface area contributed by atoms with E-state index in [9.17, 15) is 13.2 Å². The molecule has 140 valence electrons. The van der Waals surface area contributed by atoms with Gasteiger partial charge in [-0.15, -0.1) is 0 Å². The van der Waals surface area contributed by atoms with E-state index in [1.54, 1.807) is 12.1 Å². The lowest BCUT2D eigenvalue weighted by atomic mass is 9.98. The smallest absolute Gasteiger partial charge is 0.243 e. The van der Waals surface area contributed by atoms with Crippen molar-refractivity contribution in [1.29, 1.82) is 0 Å². The van der Waals surface area contributed by atoms with Crippen LogP contribution in [0.15, 0.2) is 47.4 Å². The van der Waals surface area contributed by atoms with Crippen LogP contribution in [0.4, 0.5) is 0 Å². The summed E-state index contributed by atoms with van der Waals surface area (Å²) in [5, 5.41) is 4.88. The van der Waals surface area contributed by atoms with Gasteiger partial charge in [-0.3, -0.25) is 4.79 Å². The summed E-state index contributed by atoms with van der Waals surface area (Å²) in [5.74, 6) is -0.328. The van der Waals surface area contributed by atoms with Crippen molar-refractivity contribution in [2.24, 2.45) is 5.92 Å². The van der Waals surface area contributed by atoms with E-state index in [2.05, 4.69) is 5.32 Å². The Morgan fingerprint density at radius 3 is 2.69 bits per heavy atom. The third-order valence-corrected chi connectivity index (χ3v) is 6.98. The van der Waals surface area contributed by atoms with Crippen molar-refractivity contribution < 1.29 is 13.2 Å². The fourth-order valence-corrected chi connectivity index (χ4v) is 4.87. The Bertz CT molecular complexity index is 895. The molecule has 1 fully saturated rings. The van der Waals surface area contributed by atoms with Gasteiger partial charge >= 0.3 is 0 Å². The Morgan fingerprint density at radius 1 is 1.23 bits per heavy atom. The van der Waals surface area contributed by atoms with Crippen LogP contribution in [0.5, 0.6) is 0 Å². The Labute approximate surface area is 155 Å². The Balaban J connectivity index is 1.80. The normalized spacial score (nSPS) is 20.0. The molecule has 1 amide bonds. The predicted octanol–water partition coefficient (Wildman–Crippen LogP) is 3.16. The molecule has 2 aromatic rings. The van der Waals surface area contributed by atoms with E-state index >= 15 is 0 Å². The molecule has 26 heavy (non-hydrogen) atoms. The molecule has 2 unspecified atom stereocenters. The lowest BCUT2D eigenvalue weighted by molar-refractivity contribution is -0.126. The van der Waals surface area contributed by atoms with Gasteiger partial charge in [-0.25, -0.2) is 8.42 Å². The summed E-state index contributed by atoms with van der Waals surface area (Å²) in [7, 11) is -3.60. The third-order valence-electron chi connectivity index (χ3n) is 5.11. The molecule has 1 saturated heterocycles. The summed E-state index contributed by atoms with van der Waals surface area (Å²) >= 11 is 0. The average molecular weight is 375 g/mol. The molecule has 1 N–H and O–H groups in total. The molecule has 5 nitrogen and oxygen atoms in total. The third kappa shape index (κ3) is 3.91.